The first-order valence-corrected chi connectivity index (χ1v) is 8.16. The molecule has 22 heavy (non-hydrogen) atoms. The van der Waals surface area contributed by atoms with Gasteiger partial charge in [-0.25, -0.2) is 9.78 Å². The van der Waals surface area contributed by atoms with Crippen molar-refractivity contribution in [2.24, 2.45) is 5.92 Å². The largest absolute Gasteiger partial charge is 0.772 e. The van der Waals surface area contributed by atoms with Crippen LogP contribution in [-0.4, -0.2) is 41.7 Å². The Morgan fingerprint density at radius 3 is 2.55 bits per heavy atom. The average molecular weight is 331 g/mol. The van der Waals surface area contributed by atoms with Crippen molar-refractivity contribution in [2.45, 2.75) is 57.9 Å². The normalized spacial score (nSPS) is 16.1. The highest BCUT2D eigenvalue weighted by molar-refractivity contribution is 7.79. The van der Waals surface area contributed by atoms with Crippen molar-refractivity contribution in [1.82, 2.24) is 20.5 Å². The fourth-order valence-corrected chi connectivity index (χ4v) is 2.74. The number of carbonyl (C=O) groups is 1. The molecule has 9 heteroatoms. The molecular weight excluding hydrogens is 308 g/mol. The monoisotopic (exact) mass is 331 g/mol. The van der Waals surface area contributed by atoms with Crippen molar-refractivity contribution in [3.63, 3.8) is 0 Å². The predicted molar refractivity (Wildman–Crippen MR) is 80.7 cm³/mol. The molecule has 0 bridgehead atoms. The highest BCUT2D eigenvalue weighted by Gasteiger charge is 2.30. The molecule has 0 aliphatic carbocycles. The van der Waals surface area contributed by atoms with Crippen LogP contribution < -0.4 is 5.32 Å². The maximum absolute atomic E-state index is 12.0. The summed E-state index contributed by atoms with van der Waals surface area (Å²) < 4.78 is 28.4. The summed E-state index contributed by atoms with van der Waals surface area (Å²) in [7, 11) is 0. The van der Waals surface area contributed by atoms with Gasteiger partial charge in [-0.2, -0.15) is 5.10 Å². The van der Waals surface area contributed by atoms with Crippen LogP contribution in [0.2, 0.25) is 0 Å². The Hall–Kier alpha value is -1.48. The Morgan fingerprint density at radius 1 is 1.50 bits per heavy atom. The fraction of sp³-hybridized carbons (Fsp3) is 0.769. The van der Waals surface area contributed by atoms with E-state index in [1.807, 2.05) is 13.8 Å². The molecule has 8 nitrogen and oxygen atoms in total. The van der Waals surface area contributed by atoms with E-state index in [0.717, 1.165) is 0 Å². The zero-order valence-electron chi connectivity index (χ0n) is 13.5. The summed E-state index contributed by atoms with van der Waals surface area (Å²) in [5, 5.41) is 7.84. The number of alkyl carbamates (subject to hydrolysis) is 1. The van der Waals surface area contributed by atoms with Gasteiger partial charge in [0.2, 0.25) is 0 Å². The molecule has 0 radical (unpaired) electrons. The van der Waals surface area contributed by atoms with Gasteiger partial charge in [-0.1, -0.05) is 13.8 Å². The Kier molecular flexibility index (Phi) is 6.48. The molecule has 126 valence electrons. The lowest BCUT2D eigenvalue weighted by molar-refractivity contribution is 0.0496. The molecule has 1 rings (SSSR count). The summed E-state index contributed by atoms with van der Waals surface area (Å²) in [5.41, 5.74) is -0.662. The van der Waals surface area contributed by atoms with E-state index in [-0.39, 0.29) is 11.7 Å². The maximum Gasteiger partial charge on any atom is 0.407 e. The van der Waals surface area contributed by atoms with Gasteiger partial charge in [0.25, 0.3) is 0 Å². The topological polar surface area (TPSA) is 120 Å². The van der Waals surface area contributed by atoms with Gasteiger partial charge in [0.15, 0.2) is 0 Å². The molecule has 1 aromatic rings. The number of aromatic nitrogens is 3. The lowest BCUT2D eigenvalue weighted by Crippen LogP contribution is -2.44. The number of H-pyrrole nitrogens is 1. The number of nitrogens with zero attached hydrogens (tertiary/aromatic N) is 2. The van der Waals surface area contributed by atoms with Gasteiger partial charge in [-0.3, -0.25) is 9.31 Å². The predicted octanol–water partition coefficient (Wildman–Crippen LogP) is 1.66. The van der Waals surface area contributed by atoms with Crippen LogP contribution in [0.5, 0.6) is 0 Å². The molecule has 0 aliphatic rings. The van der Waals surface area contributed by atoms with E-state index in [9.17, 15) is 13.6 Å². The second kappa shape index (κ2) is 7.68. The van der Waals surface area contributed by atoms with E-state index in [1.54, 1.807) is 20.8 Å². The summed E-state index contributed by atoms with van der Waals surface area (Å²) in [6.45, 7) is 9.10. The van der Waals surface area contributed by atoms with Crippen molar-refractivity contribution in [1.29, 1.82) is 0 Å². The van der Waals surface area contributed by atoms with Crippen LogP contribution in [0, 0.1) is 5.92 Å². The molecule has 2 N–H and O–H groups in total. The Labute approximate surface area is 132 Å². The first-order valence-electron chi connectivity index (χ1n) is 7.03. The van der Waals surface area contributed by atoms with E-state index in [4.69, 9.17) is 4.74 Å². The quantitative estimate of drug-likeness (QED) is 0.765. The summed E-state index contributed by atoms with van der Waals surface area (Å²) in [6, 6.07) is -0.666. The van der Waals surface area contributed by atoms with E-state index in [2.05, 4.69) is 20.5 Å². The van der Waals surface area contributed by atoms with E-state index in [0.29, 0.717) is 6.42 Å². The SMILES string of the molecule is CC(C)C[C@H](NC(=O)OC(C)(C)C)C(c1ncn[nH]1)S(=O)[O-]. The van der Waals surface area contributed by atoms with Crippen molar-refractivity contribution >= 4 is 17.2 Å². The summed E-state index contributed by atoms with van der Waals surface area (Å²) >= 11 is -2.47. The number of nitrogens with one attached hydrogen (secondary N) is 2. The van der Waals surface area contributed by atoms with Crippen LogP contribution in [0.3, 0.4) is 0 Å². The molecule has 0 fully saturated rings. The minimum absolute atomic E-state index is 0.175. The van der Waals surface area contributed by atoms with Crippen LogP contribution in [-0.2, 0) is 15.8 Å². The van der Waals surface area contributed by atoms with Gasteiger partial charge in [-0.15, -0.1) is 0 Å². The van der Waals surface area contributed by atoms with Gasteiger partial charge >= 0.3 is 6.09 Å². The van der Waals surface area contributed by atoms with Gasteiger partial charge in [-0.05, 0) is 44.2 Å². The number of hydrogen-bond acceptors (Lipinski definition) is 6. The van der Waals surface area contributed by atoms with Gasteiger partial charge in [0.05, 0.1) is 6.04 Å². The van der Waals surface area contributed by atoms with Crippen LogP contribution in [0.4, 0.5) is 4.79 Å². The van der Waals surface area contributed by atoms with Crippen molar-refractivity contribution < 1.29 is 18.3 Å². The maximum atomic E-state index is 12.0. The Morgan fingerprint density at radius 2 is 2.14 bits per heavy atom. The molecule has 1 aromatic heterocycles. The summed E-state index contributed by atoms with van der Waals surface area (Å²) in [4.78, 5) is 15.9. The standard InChI is InChI=1S/C13H24N4O4S/c1-8(2)6-9(16-12(18)21-13(3,4)5)10(22(19)20)11-14-7-15-17-11/h7-10H,6H2,1-5H3,(H,16,18)(H,19,20)(H,14,15,17)/p-1/t9-,10?/m0/s1. The van der Waals surface area contributed by atoms with Crippen molar-refractivity contribution in [3.05, 3.63) is 12.2 Å². The number of ether oxygens (including phenoxy) is 1. The molecular formula is C13H23N4O4S-. The number of hydrogen-bond donors (Lipinski definition) is 2. The Balaban J connectivity index is 2.95. The minimum Gasteiger partial charge on any atom is -0.772 e. The van der Waals surface area contributed by atoms with Crippen LogP contribution in [0.15, 0.2) is 6.33 Å². The molecule has 3 atom stereocenters. The molecule has 0 saturated carbocycles. The molecule has 1 heterocycles. The zero-order valence-corrected chi connectivity index (χ0v) is 14.3. The molecule has 0 saturated heterocycles. The molecule has 0 spiro atoms. The second-order valence-corrected chi connectivity index (χ2v) is 7.46. The minimum atomic E-state index is -2.47. The Bertz CT molecular complexity index is 499. The highest BCUT2D eigenvalue weighted by Crippen LogP contribution is 2.24. The van der Waals surface area contributed by atoms with Gasteiger partial charge < -0.3 is 14.6 Å². The summed E-state index contributed by atoms with van der Waals surface area (Å²) in [6.07, 6.45) is 1.03. The van der Waals surface area contributed by atoms with Crippen LogP contribution in [0.1, 0.15) is 52.1 Å². The van der Waals surface area contributed by atoms with Crippen LogP contribution in [0.25, 0.3) is 0 Å². The van der Waals surface area contributed by atoms with Crippen LogP contribution >= 0.6 is 0 Å². The number of aromatic amines is 1. The fourth-order valence-electron chi connectivity index (χ4n) is 1.99. The zero-order chi connectivity index (χ0) is 16.9. The molecule has 0 aromatic carbocycles. The molecule has 1 amide bonds. The first kappa shape index (κ1) is 18.6. The van der Waals surface area contributed by atoms with E-state index < -0.39 is 34.1 Å². The van der Waals surface area contributed by atoms with Crippen molar-refractivity contribution in [3.8, 4) is 0 Å². The average Bonchev–Trinajstić information content (AvgIpc) is 2.77. The van der Waals surface area contributed by atoms with Gasteiger partial charge in [0, 0.05) is 0 Å². The third kappa shape index (κ3) is 6.10. The third-order valence-corrected chi connectivity index (χ3v) is 3.67. The smallest absolute Gasteiger partial charge is 0.407 e. The number of carbonyl (C=O) groups excluding carboxylic acids is 1. The number of amides is 1. The first-order chi connectivity index (χ1) is 10.1. The van der Waals surface area contributed by atoms with E-state index in [1.165, 1.54) is 6.33 Å². The second-order valence-electron chi connectivity index (χ2n) is 6.43. The molecule has 2 unspecified atom stereocenters. The third-order valence-electron chi connectivity index (χ3n) is 2.70. The molecule has 0 aliphatic heterocycles. The van der Waals surface area contributed by atoms with Crippen molar-refractivity contribution in [2.75, 3.05) is 0 Å². The highest BCUT2D eigenvalue weighted by atomic mass is 32.2. The van der Waals surface area contributed by atoms with E-state index >= 15 is 0 Å². The van der Waals surface area contributed by atoms with Gasteiger partial charge in [0.1, 0.15) is 23.0 Å². The summed E-state index contributed by atoms with van der Waals surface area (Å²) in [5.74, 6) is 0.365. The lowest BCUT2D eigenvalue weighted by atomic mass is 10.0. The lowest BCUT2D eigenvalue weighted by Gasteiger charge is -2.30. The number of rotatable bonds is 6.